The molecule has 0 atom stereocenters. The van der Waals surface area contributed by atoms with Crippen molar-refractivity contribution in [1.29, 1.82) is 0 Å². The van der Waals surface area contributed by atoms with Crippen LogP contribution in [0.5, 0.6) is 5.88 Å². The van der Waals surface area contributed by atoms with Crippen LogP contribution in [0, 0.1) is 0 Å². The summed E-state index contributed by atoms with van der Waals surface area (Å²) >= 11 is 0. The molecule has 6 heteroatoms. The van der Waals surface area contributed by atoms with E-state index in [0.29, 0.717) is 12.3 Å². The van der Waals surface area contributed by atoms with Crippen molar-refractivity contribution in [3.63, 3.8) is 0 Å². The predicted molar refractivity (Wildman–Crippen MR) is 70.6 cm³/mol. The summed E-state index contributed by atoms with van der Waals surface area (Å²) in [5.74, 6) is -0.432. The molecule has 0 spiro atoms. The van der Waals surface area contributed by atoms with Gasteiger partial charge in [0.15, 0.2) is 0 Å². The van der Waals surface area contributed by atoms with Gasteiger partial charge in [0, 0.05) is 12.3 Å². The van der Waals surface area contributed by atoms with E-state index in [1.165, 1.54) is 6.42 Å². The first-order valence-electron chi connectivity index (χ1n) is 6.13. The molecule has 0 saturated heterocycles. The average molecular weight is 253 g/mol. The minimum Gasteiger partial charge on any atom is -0.494 e. The van der Waals surface area contributed by atoms with E-state index in [2.05, 4.69) is 21.9 Å². The minimum absolute atomic E-state index is 0.0325. The number of aliphatic imine (C=N–C) groups is 1. The van der Waals surface area contributed by atoms with Gasteiger partial charge in [0.05, 0.1) is 0 Å². The Kier molecular flexibility index (Phi) is 5.35. The highest BCUT2D eigenvalue weighted by molar-refractivity contribution is 6.00. The molecule has 100 valence electrons. The lowest BCUT2D eigenvalue weighted by Gasteiger charge is -2.02. The second kappa shape index (κ2) is 6.78. The number of unbranched alkanes of at least 4 members (excludes halogenated alkanes) is 3. The molecule has 0 fully saturated rings. The molecule has 0 radical (unpaired) electrons. The van der Waals surface area contributed by atoms with Gasteiger partial charge in [0.2, 0.25) is 5.88 Å². The summed E-state index contributed by atoms with van der Waals surface area (Å²) in [5, 5.41) is 9.53. The lowest BCUT2D eigenvalue weighted by Crippen LogP contribution is -2.27. The molecule has 0 aromatic carbocycles. The van der Waals surface area contributed by atoms with Crippen molar-refractivity contribution in [1.82, 2.24) is 9.97 Å². The van der Waals surface area contributed by atoms with Crippen LogP contribution in [0.2, 0.25) is 0 Å². The van der Waals surface area contributed by atoms with E-state index in [0.717, 1.165) is 19.3 Å². The molecule has 6 nitrogen and oxygen atoms in total. The first kappa shape index (κ1) is 14.2. The Morgan fingerprint density at radius 2 is 1.94 bits per heavy atom. The Morgan fingerprint density at radius 1 is 1.22 bits per heavy atom. The van der Waals surface area contributed by atoms with Crippen LogP contribution in [0.25, 0.3) is 0 Å². The van der Waals surface area contributed by atoms with Crippen molar-refractivity contribution in [3.05, 3.63) is 26.4 Å². The fourth-order valence-electron chi connectivity index (χ4n) is 1.67. The van der Waals surface area contributed by atoms with Gasteiger partial charge >= 0.3 is 5.69 Å². The van der Waals surface area contributed by atoms with Crippen molar-refractivity contribution in [2.45, 2.75) is 39.5 Å². The summed E-state index contributed by atoms with van der Waals surface area (Å²) in [4.78, 5) is 30.9. The van der Waals surface area contributed by atoms with E-state index < -0.39 is 17.1 Å². The highest BCUT2D eigenvalue weighted by Crippen LogP contribution is 2.07. The van der Waals surface area contributed by atoms with E-state index in [4.69, 9.17) is 0 Å². The molecular weight excluding hydrogens is 234 g/mol. The molecule has 3 N–H and O–H groups in total. The molecule has 1 rings (SSSR count). The zero-order chi connectivity index (χ0) is 13.5. The third-order valence-corrected chi connectivity index (χ3v) is 2.65. The normalized spacial score (nSPS) is 11.8. The zero-order valence-corrected chi connectivity index (χ0v) is 10.7. The van der Waals surface area contributed by atoms with E-state index in [-0.39, 0.29) is 5.56 Å². The number of rotatable bonds is 6. The molecule has 0 saturated carbocycles. The number of nitrogens with one attached hydrogen (secondary N) is 2. The molecule has 1 aromatic rings. The maximum atomic E-state index is 11.5. The summed E-state index contributed by atoms with van der Waals surface area (Å²) in [6.07, 6.45) is 4.37. The van der Waals surface area contributed by atoms with Crippen LogP contribution in [0.4, 0.5) is 0 Å². The maximum absolute atomic E-state index is 11.5. The smallest absolute Gasteiger partial charge is 0.328 e. The van der Waals surface area contributed by atoms with E-state index >= 15 is 0 Å². The van der Waals surface area contributed by atoms with Crippen molar-refractivity contribution in [2.24, 2.45) is 4.99 Å². The number of H-pyrrole nitrogens is 2. The molecule has 0 aliphatic rings. The predicted octanol–water partition coefficient (Wildman–Crippen LogP) is 1.16. The van der Waals surface area contributed by atoms with Gasteiger partial charge in [-0.05, 0) is 13.3 Å². The van der Waals surface area contributed by atoms with Gasteiger partial charge in [-0.2, -0.15) is 0 Å². The molecule has 0 amide bonds. The number of aromatic nitrogens is 2. The monoisotopic (exact) mass is 253 g/mol. The van der Waals surface area contributed by atoms with Crippen LogP contribution >= 0.6 is 0 Å². The number of hydrogen-bond donors (Lipinski definition) is 3. The standard InChI is InChI=1S/C12H19N3O3/c1-3-4-5-6-7-13-8(2)9-10(16)14-12(18)15-11(9)17/h3-7H2,1-2H3,(H3,14,15,16,17,18). The summed E-state index contributed by atoms with van der Waals surface area (Å²) in [7, 11) is 0. The van der Waals surface area contributed by atoms with Gasteiger partial charge in [0.25, 0.3) is 5.56 Å². The van der Waals surface area contributed by atoms with Crippen LogP contribution in [0.15, 0.2) is 14.6 Å². The van der Waals surface area contributed by atoms with Gasteiger partial charge < -0.3 is 5.11 Å². The fourth-order valence-corrected chi connectivity index (χ4v) is 1.67. The van der Waals surface area contributed by atoms with Crippen LogP contribution < -0.4 is 11.2 Å². The molecule has 0 aliphatic heterocycles. The number of hydrogen-bond acceptors (Lipinski definition) is 4. The number of aromatic amines is 2. The second-order valence-corrected chi connectivity index (χ2v) is 4.16. The van der Waals surface area contributed by atoms with Gasteiger partial charge in [0.1, 0.15) is 5.56 Å². The summed E-state index contributed by atoms with van der Waals surface area (Å²) < 4.78 is 0. The lowest BCUT2D eigenvalue weighted by atomic mass is 10.2. The quantitative estimate of drug-likeness (QED) is 0.524. The van der Waals surface area contributed by atoms with Gasteiger partial charge in [-0.3, -0.25) is 19.8 Å². The minimum atomic E-state index is -0.725. The maximum Gasteiger partial charge on any atom is 0.328 e. The Hall–Kier alpha value is -1.85. The Balaban J connectivity index is 2.78. The average Bonchev–Trinajstić information content (AvgIpc) is 2.27. The molecule has 0 bridgehead atoms. The highest BCUT2D eigenvalue weighted by Gasteiger charge is 2.11. The second-order valence-electron chi connectivity index (χ2n) is 4.16. The highest BCUT2D eigenvalue weighted by atomic mass is 16.3. The van der Waals surface area contributed by atoms with Gasteiger partial charge in [-0.25, -0.2) is 4.79 Å². The molecular formula is C12H19N3O3. The number of nitrogens with zero attached hydrogens (tertiary/aromatic N) is 1. The van der Waals surface area contributed by atoms with Crippen LogP contribution in [-0.2, 0) is 0 Å². The topological polar surface area (TPSA) is 98.3 Å². The van der Waals surface area contributed by atoms with E-state index in [1.807, 2.05) is 0 Å². The van der Waals surface area contributed by atoms with Crippen molar-refractivity contribution >= 4 is 5.71 Å². The van der Waals surface area contributed by atoms with Gasteiger partial charge in [-0.15, -0.1) is 0 Å². The van der Waals surface area contributed by atoms with E-state index in [1.54, 1.807) is 6.92 Å². The Morgan fingerprint density at radius 3 is 2.56 bits per heavy atom. The van der Waals surface area contributed by atoms with Crippen molar-refractivity contribution < 1.29 is 5.11 Å². The molecule has 1 aromatic heterocycles. The summed E-state index contributed by atoms with van der Waals surface area (Å²) in [5.41, 5.74) is -0.880. The van der Waals surface area contributed by atoms with Crippen LogP contribution in [-0.4, -0.2) is 27.3 Å². The first-order valence-corrected chi connectivity index (χ1v) is 6.13. The summed E-state index contributed by atoms with van der Waals surface area (Å²) in [6.45, 7) is 4.39. The Labute approximate surface area is 105 Å². The van der Waals surface area contributed by atoms with Crippen LogP contribution in [0.3, 0.4) is 0 Å². The molecule has 0 unspecified atom stereocenters. The molecule has 1 heterocycles. The summed E-state index contributed by atoms with van der Waals surface area (Å²) in [6, 6.07) is 0. The lowest BCUT2D eigenvalue weighted by molar-refractivity contribution is 0.447. The number of aromatic hydroxyl groups is 1. The third-order valence-electron chi connectivity index (χ3n) is 2.65. The SMILES string of the molecule is CCCCCCN=C(C)c1c(O)[nH]c(=O)[nH]c1=O. The van der Waals surface area contributed by atoms with Gasteiger partial charge in [-0.1, -0.05) is 26.2 Å². The molecule has 18 heavy (non-hydrogen) atoms. The largest absolute Gasteiger partial charge is 0.494 e. The molecule has 0 aliphatic carbocycles. The zero-order valence-electron chi connectivity index (χ0n) is 10.7. The van der Waals surface area contributed by atoms with E-state index in [9.17, 15) is 14.7 Å². The Bertz CT molecular complexity index is 528. The van der Waals surface area contributed by atoms with Crippen molar-refractivity contribution in [2.75, 3.05) is 6.54 Å². The van der Waals surface area contributed by atoms with Crippen molar-refractivity contribution in [3.8, 4) is 5.88 Å². The first-order chi connectivity index (χ1) is 8.56. The fraction of sp³-hybridized carbons (Fsp3) is 0.583. The third kappa shape index (κ3) is 3.87. The van der Waals surface area contributed by atoms with Crippen LogP contribution in [0.1, 0.15) is 45.1 Å².